The second-order valence-corrected chi connectivity index (χ2v) is 9.48. The van der Waals surface area contributed by atoms with Crippen LogP contribution in [0.2, 0.25) is 0 Å². The molecule has 1 aromatic rings. The fourth-order valence-electron chi connectivity index (χ4n) is 5.52. The highest BCUT2D eigenvalue weighted by Crippen LogP contribution is 2.31. The normalized spacial score (nSPS) is 25.6. The first kappa shape index (κ1) is 20.4. The molecule has 3 aliphatic rings. The number of hydrogen-bond donors (Lipinski definition) is 1. The van der Waals surface area contributed by atoms with Gasteiger partial charge in [0, 0.05) is 24.7 Å². The number of nitrogens with zero attached hydrogens (tertiary/aromatic N) is 2. The fraction of sp³-hybridized carbons (Fsp3) is 0.667. The Bertz CT molecular complexity index is 745. The van der Waals surface area contributed by atoms with E-state index >= 15 is 0 Å². The number of carbonyl (C=O) groups excluding carboxylic acids is 2. The van der Waals surface area contributed by atoms with Gasteiger partial charge in [-0.15, -0.1) is 0 Å². The lowest BCUT2D eigenvalue weighted by molar-refractivity contribution is -0.126. The number of hydrogen-bond acceptors (Lipinski definition) is 3. The van der Waals surface area contributed by atoms with Crippen molar-refractivity contribution < 1.29 is 9.59 Å². The van der Waals surface area contributed by atoms with Gasteiger partial charge in [0.05, 0.1) is 0 Å². The highest BCUT2D eigenvalue weighted by molar-refractivity contribution is 6.01. The molecule has 1 N–H and O–H groups in total. The van der Waals surface area contributed by atoms with Gasteiger partial charge in [0.2, 0.25) is 5.91 Å². The third-order valence-corrected chi connectivity index (χ3v) is 6.99. The minimum atomic E-state index is -0.388. The van der Waals surface area contributed by atoms with Gasteiger partial charge in [-0.1, -0.05) is 38.5 Å². The molecule has 5 heteroatoms. The summed E-state index contributed by atoms with van der Waals surface area (Å²) < 4.78 is 0. The predicted molar refractivity (Wildman–Crippen MR) is 115 cm³/mol. The molecule has 2 saturated heterocycles. The summed E-state index contributed by atoms with van der Waals surface area (Å²) in [5.41, 5.74) is 1.78. The Morgan fingerprint density at radius 2 is 1.93 bits per heavy atom. The molecule has 0 aliphatic carbocycles. The summed E-state index contributed by atoms with van der Waals surface area (Å²) in [6.45, 7) is 7.95. The Balaban J connectivity index is 1.42. The summed E-state index contributed by atoms with van der Waals surface area (Å²) in [7, 11) is 0. The SMILES string of the molecule is CC(C)C[C@@H](C(=O)NC[C@@H]1CCCN2CCCC[C@H]12)N1Cc2ccccc2C1=O. The molecule has 0 bridgehead atoms. The maximum Gasteiger partial charge on any atom is 0.255 e. The van der Waals surface area contributed by atoms with Crippen molar-refractivity contribution in [1.29, 1.82) is 0 Å². The van der Waals surface area contributed by atoms with Crippen LogP contribution in [-0.2, 0) is 11.3 Å². The molecule has 3 atom stereocenters. The van der Waals surface area contributed by atoms with Gasteiger partial charge >= 0.3 is 0 Å². The summed E-state index contributed by atoms with van der Waals surface area (Å²) in [6, 6.07) is 7.97. The summed E-state index contributed by atoms with van der Waals surface area (Å²) in [6.07, 6.45) is 7.00. The van der Waals surface area contributed by atoms with E-state index in [9.17, 15) is 9.59 Å². The van der Waals surface area contributed by atoms with E-state index in [1.54, 1.807) is 4.90 Å². The Morgan fingerprint density at radius 3 is 2.72 bits per heavy atom. The van der Waals surface area contributed by atoms with Crippen LogP contribution in [0, 0.1) is 11.8 Å². The van der Waals surface area contributed by atoms with Crippen LogP contribution in [-0.4, -0.2) is 53.3 Å². The third kappa shape index (κ3) is 4.35. The standard InChI is InChI=1S/C24H35N3O2/c1-17(2)14-22(27-16-19-8-3-4-10-20(19)24(27)29)23(28)25-15-18-9-7-13-26-12-6-5-11-21(18)26/h3-4,8,10,17-18,21-22H,5-7,9,11-16H2,1-2H3,(H,25,28)/t18-,21+,22-/m0/s1. The zero-order valence-corrected chi connectivity index (χ0v) is 17.9. The van der Waals surface area contributed by atoms with Crippen LogP contribution in [0.15, 0.2) is 24.3 Å². The van der Waals surface area contributed by atoms with Gasteiger partial charge < -0.3 is 15.1 Å². The molecule has 2 amide bonds. The monoisotopic (exact) mass is 397 g/mol. The maximum atomic E-state index is 13.2. The minimum absolute atomic E-state index is 0.00229. The molecule has 3 aliphatic heterocycles. The predicted octanol–water partition coefficient (Wildman–Crippen LogP) is 3.44. The molecule has 158 valence electrons. The lowest BCUT2D eigenvalue weighted by Crippen LogP contribution is -2.53. The molecule has 4 rings (SSSR count). The van der Waals surface area contributed by atoms with Crippen molar-refractivity contribution in [3.63, 3.8) is 0 Å². The zero-order valence-electron chi connectivity index (χ0n) is 17.9. The number of rotatable bonds is 6. The van der Waals surface area contributed by atoms with Gasteiger partial charge in [-0.2, -0.15) is 0 Å². The van der Waals surface area contributed by atoms with Crippen LogP contribution in [0.1, 0.15) is 68.3 Å². The zero-order chi connectivity index (χ0) is 20.4. The van der Waals surface area contributed by atoms with Crippen molar-refractivity contribution in [2.45, 2.75) is 71.0 Å². The summed E-state index contributed by atoms with van der Waals surface area (Å²) in [5, 5.41) is 3.26. The van der Waals surface area contributed by atoms with Crippen molar-refractivity contribution in [3.8, 4) is 0 Å². The van der Waals surface area contributed by atoms with Crippen molar-refractivity contribution in [3.05, 3.63) is 35.4 Å². The lowest BCUT2D eigenvalue weighted by atomic mass is 9.83. The van der Waals surface area contributed by atoms with E-state index in [1.165, 1.54) is 45.2 Å². The lowest BCUT2D eigenvalue weighted by Gasteiger charge is -2.44. The highest BCUT2D eigenvalue weighted by atomic mass is 16.2. The van der Waals surface area contributed by atoms with Gasteiger partial charge in [0.15, 0.2) is 0 Å². The van der Waals surface area contributed by atoms with Crippen LogP contribution in [0.4, 0.5) is 0 Å². The molecule has 0 unspecified atom stereocenters. The van der Waals surface area contributed by atoms with Gasteiger partial charge in [0.1, 0.15) is 6.04 Å². The topological polar surface area (TPSA) is 52.7 Å². The van der Waals surface area contributed by atoms with Crippen LogP contribution in [0.3, 0.4) is 0 Å². The van der Waals surface area contributed by atoms with E-state index in [0.29, 0.717) is 30.8 Å². The number of fused-ring (bicyclic) bond motifs is 2. The van der Waals surface area contributed by atoms with Crippen LogP contribution >= 0.6 is 0 Å². The Hall–Kier alpha value is -1.88. The molecule has 3 heterocycles. The van der Waals surface area contributed by atoms with E-state index in [1.807, 2.05) is 24.3 Å². The van der Waals surface area contributed by atoms with E-state index in [0.717, 1.165) is 17.7 Å². The van der Waals surface area contributed by atoms with Crippen molar-refractivity contribution in [2.75, 3.05) is 19.6 Å². The van der Waals surface area contributed by atoms with E-state index < -0.39 is 0 Å². The van der Waals surface area contributed by atoms with Gasteiger partial charge in [-0.05, 0) is 68.7 Å². The van der Waals surface area contributed by atoms with Gasteiger partial charge in [0.25, 0.3) is 5.91 Å². The average Bonchev–Trinajstić information content (AvgIpc) is 3.06. The molecule has 29 heavy (non-hydrogen) atoms. The van der Waals surface area contributed by atoms with Crippen LogP contribution in [0.25, 0.3) is 0 Å². The molecule has 0 saturated carbocycles. The van der Waals surface area contributed by atoms with Crippen molar-refractivity contribution >= 4 is 11.8 Å². The van der Waals surface area contributed by atoms with E-state index in [4.69, 9.17) is 0 Å². The highest BCUT2D eigenvalue weighted by Gasteiger charge is 2.38. The first-order valence-corrected chi connectivity index (χ1v) is 11.4. The maximum absolute atomic E-state index is 13.2. The fourth-order valence-corrected chi connectivity index (χ4v) is 5.52. The molecule has 0 spiro atoms. The van der Waals surface area contributed by atoms with Gasteiger partial charge in [-0.3, -0.25) is 9.59 Å². The molecule has 5 nitrogen and oxygen atoms in total. The minimum Gasteiger partial charge on any atom is -0.354 e. The molecule has 1 aromatic carbocycles. The summed E-state index contributed by atoms with van der Waals surface area (Å²) >= 11 is 0. The quantitative estimate of drug-likeness (QED) is 0.800. The number of benzene rings is 1. The van der Waals surface area contributed by atoms with E-state index in [2.05, 4.69) is 24.1 Å². The summed E-state index contributed by atoms with van der Waals surface area (Å²) in [5.74, 6) is 0.912. The number of nitrogens with one attached hydrogen (secondary N) is 1. The van der Waals surface area contributed by atoms with Crippen LogP contribution in [0.5, 0.6) is 0 Å². The second-order valence-electron chi connectivity index (χ2n) is 9.48. The first-order chi connectivity index (χ1) is 14.0. The van der Waals surface area contributed by atoms with Gasteiger partial charge in [-0.25, -0.2) is 0 Å². The molecular formula is C24H35N3O2. The first-order valence-electron chi connectivity index (χ1n) is 11.4. The van der Waals surface area contributed by atoms with Crippen LogP contribution < -0.4 is 5.32 Å². The molecule has 0 radical (unpaired) electrons. The molecule has 2 fully saturated rings. The van der Waals surface area contributed by atoms with E-state index in [-0.39, 0.29) is 17.9 Å². The molecule has 0 aromatic heterocycles. The van der Waals surface area contributed by atoms with Crippen molar-refractivity contribution in [2.24, 2.45) is 11.8 Å². The average molecular weight is 398 g/mol. The summed E-state index contributed by atoms with van der Waals surface area (Å²) in [4.78, 5) is 30.6. The third-order valence-electron chi connectivity index (χ3n) is 6.99. The molecular weight excluding hydrogens is 362 g/mol. The Labute approximate surface area is 174 Å². The van der Waals surface area contributed by atoms with Crippen molar-refractivity contribution in [1.82, 2.24) is 15.1 Å². The number of piperidine rings is 2. The largest absolute Gasteiger partial charge is 0.354 e. The number of carbonyl (C=O) groups is 2. The Morgan fingerprint density at radius 1 is 1.14 bits per heavy atom. The number of amides is 2. The second kappa shape index (κ2) is 8.86. The smallest absolute Gasteiger partial charge is 0.255 e. The Kier molecular flexibility index (Phi) is 6.23.